The summed E-state index contributed by atoms with van der Waals surface area (Å²) in [5.74, 6) is 0. The predicted octanol–water partition coefficient (Wildman–Crippen LogP) is -3.75. The van der Waals surface area contributed by atoms with Crippen molar-refractivity contribution in [3.05, 3.63) is 0 Å². The molecule has 0 spiro atoms. The molecule has 1 fully saturated rings. The maximum atomic E-state index is 10.8. The number of hydrogen-bond donors (Lipinski definition) is 6. The van der Waals surface area contributed by atoms with Crippen molar-refractivity contribution in [2.75, 3.05) is 6.61 Å². The lowest BCUT2D eigenvalue weighted by molar-refractivity contribution is -0.108. The van der Waals surface area contributed by atoms with Gasteiger partial charge in [-0.05, 0) is 0 Å². The van der Waals surface area contributed by atoms with E-state index in [9.17, 15) is 23.7 Å². The van der Waals surface area contributed by atoms with Gasteiger partial charge < -0.3 is 20.4 Å². The van der Waals surface area contributed by atoms with Gasteiger partial charge in [-0.2, -0.15) is 8.42 Å². The molecule has 0 aliphatic carbocycles. The van der Waals surface area contributed by atoms with Crippen LogP contribution in [-0.4, -0.2) is 69.7 Å². The summed E-state index contributed by atoms with van der Waals surface area (Å²) in [6, 6.07) is -1.13. The van der Waals surface area contributed by atoms with Gasteiger partial charge in [0.2, 0.25) is 0 Å². The van der Waals surface area contributed by atoms with Gasteiger partial charge in [0.05, 0.1) is 12.6 Å². The maximum Gasteiger partial charge on any atom is 0.283 e. The summed E-state index contributed by atoms with van der Waals surface area (Å²) in [6.45, 7) is -0.642. The van der Waals surface area contributed by atoms with Crippen LogP contribution in [-0.2, 0) is 10.1 Å². The Labute approximate surface area is 85.9 Å². The first kappa shape index (κ1) is 12.8. The van der Waals surface area contributed by atoms with Crippen LogP contribution in [0.4, 0.5) is 0 Å². The Kier molecular flexibility index (Phi) is 3.66. The van der Waals surface area contributed by atoms with Crippen molar-refractivity contribution in [2.45, 2.75) is 29.7 Å². The van der Waals surface area contributed by atoms with Crippen molar-refractivity contribution < 1.29 is 33.4 Å². The van der Waals surface area contributed by atoms with Gasteiger partial charge in [-0.25, -0.2) is 0 Å². The average Bonchev–Trinajstić information content (AvgIpc) is 2.13. The molecular weight excluding hydrogens is 230 g/mol. The molecule has 6 N–H and O–H groups in total. The number of aliphatic hydroxyl groups excluding tert-OH is 4. The summed E-state index contributed by atoms with van der Waals surface area (Å²) in [5, 5.41) is 36.9. The Morgan fingerprint density at radius 3 is 2.00 bits per heavy atom. The highest BCUT2D eigenvalue weighted by atomic mass is 32.2. The fraction of sp³-hybridized carbons (Fsp3) is 1.00. The minimum Gasteiger partial charge on any atom is -0.395 e. The number of piperidine rings is 1. The highest BCUT2D eigenvalue weighted by molar-refractivity contribution is 7.86. The fourth-order valence-corrected chi connectivity index (χ4v) is 2.31. The fourth-order valence-electron chi connectivity index (χ4n) is 1.45. The zero-order valence-electron chi connectivity index (χ0n) is 7.55. The monoisotopic (exact) mass is 243 g/mol. The topological polar surface area (TPSA) is 147 Å². The van der Waals surface area contributed by atoms with Gasteiger partial charge in [0.15, 0.2) is 5.37 Å². The van der Waals surface area contributed by atoms with Crippen LogP contribution < -0.4 is 5.32 Å². The van der Waals surface area contributed by atoms with E-state index in [0.717, 1.165) is 0 Å². The molecule has 1 heterocycles. The summed E-state index contributed by atoms with van der Waals surface area (Å²) >= 11 is 0. The second-order valence-electron chi connectivity index (χ2n) is 3.36. The summed E-state index contributed by atoms with van der Waals surface area (Å²) in [7, 11) is -4.62. The second kappa shape index (κ2) is 4.29. The summed E-state index contributed by atoms with van der Waals surface area (Å²) < 4.78 is 30.2. The van der Waals surface area contributed by atoms with E-state index in [4.69, 9.17) is 9.66 Å². The van der Waals surface area contributed by atoms with Crippen LogP contribution in [0, 0.1) is 0 Å². The van der Waals surface area contributed by atoms with E-state index >= 15 is 0 Å². The van der Waals surface area contributed by atoms with Crippen molar-refractivity contribution in [3.8, 4) is 0 Å². The van der Waals surface area contributed by atoms with Crippen LogP contribution >= 0.6 is 0 Å². The third kappa shape index (κ3) is 2.45. The molecule has 15 heavy (non-hydrogen) atoms. The van der Waals surface area contributed by atoms with Crippen molar-refractivity contribution >= 4 is 10.1 Å². The van der Waals surface area contributed by atoms with Gasteiger partial charge in [-0.1, -0.05) is 0 Å². The molecule has 9 heteroatoms. The maximum absolute atomic E-state index is 10.8. The molecule has 0 aromatic heterocycles. The lowest BCUT2D eigenvalue weighted by atomic mass is 9.96. The van der Waals surface area contributed by atoms with E-state index in [2.05, 4.69) is 5.32 Å². The van der Waals surface area contributed by atoms with Crippen molar-refractivity contribution in [1.82, 2.24) is 5.32 Å². The first-order valence-electron chi connectivity index (χ1n) is 4.16. The van der Waals surface area contributed by atoms with Gasteiger partial charge >= 0.3 is 0 Å². The first-order valence-corrected chi connectivity index (χ1v) is 5.66. The van der Waals surface area contributed by atoms with Crippen LogP contribution in [0.2, 0.25) is 0 Å². The van der Waals surface area contributed by atoms with Crippen LogP contribution in [0.25, 0.3) is 0 Å². The Morgan fingerprint density at radius 2 is 1.60 bits per heavy atom. The quantitative estimate of drug-likeness (QED) is 0.271. The highest BCUT2D eigenvalue weighted by Gasteiger charge is 2.47. The molecule has 0 bridgehead atoms. The molecule has 1 saturated heterocycles. The van der Waals surface area contributed by atoms with Gasteiger partial charge in [-0.3, -0.25) is 9.87 Å². The third-order valence-corrected chi connectivity index (χ3v) is 3.37. The Morgan fingerprint density at radius 1 is 1.07 bits per heavy atom. The molecule has 0 saturated carbocycles. The molecule has 1 aliphatic heterocycles. The Bertz CT molecular complexity index is 315. The summed E-state index contributed by atoms with van der Waals surface area (Å²) in [6.07, 6.45) is -5.13. The number of nitrogens with one attached hydrogen (secondary N) is 1. The number of rotatable bonds is 2. The van der Waals surface area contributed by atoms with Gasteiger partial charge in [0.1, 0.15) is 18.3 Å². The number of hydrogen-bond acceptors (Lipinski definition) is 7. The molecular formula is C6H13NO7S. The van der Waals surface area contributed by atoms with E-state index < -0.39 is 46.5 Å². The third-order valence-electron chi connectivity index (χ3n) is 2.32. The van der Waals surface area contributed by atoms with Gasteiger partial charge in [0.25, 0.3) is 10.1 Å². The molecule has 0 unspecified atom stereocenters. The zero-order chi connectivity index (χ0) is 11.8. The minimum absolute atomic E-state index is 0.642. The minimum atomic E-state index is -4.62. The molecule has 0 aromatic carbocycles. The second-order valence-corrected chi connectivity index (χ2v) is 4.90. The van der Waals surface area contributed by atoms with Crippen molar-refractivity contribution in [3.63, 3.8) is 0 Å². The van der Waals surface area contributed by atoms with Crippen LogP contribution in [0.5, 0.6) is 0 Å². The molecule has 0 aromatic rings. The van der Waals surface area contributed by atoms with Crippen molar-refractivity contribution in [1.29, 1.82) is 0 Å². The Hall–Kier alpha value is -0.290. The summed E-state index contributed by atoms with van der Waals surface area (Å²) in [4.78, 5) is 0. The van der Waals surface area contributed by atoms with Crippen LogP contribution in [0.15, 0.2) is 0 Å². The molecule has 0 amide bonds. The van der Waals surface area contributed by atoms with E-state index in [-0.39, 0.29) is 0 Å². The molecule has 0 radical (unpaired) electrons. The van der Waals surface area contributed by atoms with Crippen LogP contribution in [0.1, 0.15) is 0 Å². The van der Waals surface area contributed by atoms with E-state index in [0.29, 0.717) is 0 Å². The van der Waals surface area contributed by atoms with Gasteiger partial charge in [0, 0.05) is 0 Å². The lowest BCUT2D eigenvalue weighted by Crippen LogP contribution is -2.67. The average molecular weight is 243 g/mol. The normalized spacial score (nSPS) is 42.9. The molecule has 8 nitrogen and oxygen atoms in total. The Balaban J connectivity index is 2.93. The smallest absolute Gasteiger partial charge is 0.283 e. The number of aliphatic hydroxyl groups is 4. The highest BCUT2D eigenvalue weighted by Crippen LogP contribution is 2.18. The molecule has 5 atom stereocenters. The molecule has 1 rings (SSSR count). The molecule has 1 aliphatic rings. The summed E-state index contributed by atoms with van der Waals surface area (Å²) in [5.41, 5.74) is 0. The lowest BCUT2D eigenvalue weighted by Gasteiger charge is -2.39. The SMILES string of the molecule is O=S(=O)(O)[C@H]1N[C@H](CO)[C@@H](O)[C@H](O)[C@H]1O. The van der Waals surface area contributed by atoms with Gasteiger partial charge in [-0.15, -0.1) is 0 Å². The van der Waals surface area contributed by atoms with Crippen LogP contribution in [0.3, 0.4) is 0 Å². The van der Waals surface area contributed by atoms with Crippen molar-refractivity contribution in [2.24, 2.45) is 0 Å². The first-order chi connectivity index (χ1) is 6.79. The standard InChI is InChI=1S/C6H13NO7S/c8-1-2-3(9)4(10)5(11)6(7-2)15(12,13)14/h2-11H,1H2,(H,12,13,14)/t2-,3-,4+,5-,6-/m1/s1. The van der Waals surface area contributed by atoms with E-state index in [1.165, 1.54) is 0 Å². The van der Waals surface area contributed by atoms with E-state index in [1.54, 1.807) is 0 Å². The zero-order valence-corrected chi connectivity index (χ0v) is 8.37. The van der Waals surface area contributed by atoms with E-state index in [1.807, 2.05) is 0 Å². The predicted molar refractivity (Wildman–Crippen MR) is 47.4 cm³/mol. The molecule has 90 valence electrons. The largest absolute Gasteiger partial charge is 0.395 e.